The second kappa shape index (κ2) is 4.71. The van der Waals surface area contributed by atoms with Crippen molar-refractivity contribution in [3.05, 3.63) is 32.9 Å². The fourth-order valence-electron chi connectivity index (χ4n) is 1.60. The Kier molecular flexibility index (Phi) is 3.28. The van der Waals surface area contributed by atoms with Crippen molar-refractivity contribution in [2.75, 3.05) is 6.61 Å². The Bertz CT molecular complexity index is 612. The molecule has 0 saturated carbocycles. The van der Waals surface area contributed by atoms with Gasteiger partial charge in [-0.05, 0) is 19.4 Å². The average molecular weight is 251 g/mol. The number of H-pyrrole nitrogens is 1. The first-order valence-electron chi connectivity index (χ1n) is 5.48. The molecule has 0 aliphatic rings. The van der Waals surface area contributed by atoms with Crippen LogP contribution in [-0.2, 0) is 11.2 Å². The quantitative estimate of drug-likeness (QED) is 0.852. The molecule has 0 spiro atoms. The predicted octanol–water partition coefficient (Wildman–Crippen LogP) is 2.33. The van der Waals surface area contributed by atoms with Crippen LogP contribution in [0.25, 0.3) is 10.2 Å². The number of esters is 1. The number of aromatic amines is 1. The Morgan fingerprint density at radius 1 is 1.47 bits per heavy atom. The monoisotopic (exact) mass is 251 g/mol. The third-order valence-electron chi connectivity index (χ3n) is 2.46. The lowest BCUT2D eigenvalue weighted by molar-refractivity contribution is 0.0524. The summed E-state index contributed by atoms with van der Waals surface area (Å²) in [6, 6.07) is 1.83. The van der Waals surface area contributed by atoms with Crippen molar-refractivity contribution in [3.8, 4) is 0 Å². The summed E-state index contributed by atoms with van der Waals surface area (Å²) >= 11 is 1.54. The summed E-state index contributed by atoms with van der Waals surface area (Å²) < 4.78 is 4.84. The second-order valence-electron chi connectivity index (χ2n) is 3.56. The predicted molar refractivity (Wildman–Crippen MR) is 67.8 cm³/mol. The molecule has 0 atom stereocenters. The number of hydrogen-bond acceptors (Lipinski definition) is 4. The molecule has 0 aromatic carbocycles. The SMILES string of the molecule is CCOC(=O)c1c[nH]c2sc(CC)cc2c1=O. The van der Waals surface area contributed by atoms with Gasteiger partial charge in [0.2, 0.25) is 5.43 Å². The minimum Gasteiger partial charge on any atom is -0.462 e. The van der Waals surface area contributed by atoms with E-state index in [-0.39, 0.29) is 17.6 Å². The van der Waals surface area contributed by atoms with Crippen molar-refractivity contribution in [1.82, 2.24) is 4.98 Å². The molecule has 0 aliphatic carbocycles. The lowest BCUT2D eigenvalue weighted by Gasteiger charge is -2.00. The first-order valence-corrected chi connectivity index (χ1v) is 6.30. The summed E-state index contributed by atoms with van der Waals surface area (Å²) in [5.41, 5.74) is -0.187. The van der Waals surface area contributed by atoms with E-state index in [0.29, 0.717) is 5.39 Å². The van der Waals surface area contributed by atoms with E-state index >= 15 is 0 Å². The molecule has 0 bridgehead atoms. The summed E-state index contributed by atoms with van der Waals surface area (Å²) in [5.74, 6) is -0.570. The molecule has 90 valence electrons. The van der Waals surface area contributed by atoms with Gasteiger partial charge in [0.15, 0.2) is 0 Å². The Morgan fingerprint density at radius 2 is 2.24 bits per heavy atom. The van der Waals surface area contributed by atoms with Gasteiger partial charge in [-0.1, -0.05) is 6.92 Å². The van der Waals surface area contributed by atoms with E-state index in [1.807, 2.05) is 13.0 Å². The van der Waals surface area contributed by atoms with Crippen LogP contribution in [0.5, 0.6) is 0 Å². The first-order chi connectivity index (χ1) is 8.17. The van der Waals surface area contributed by atoms with E-state index in [2.05, 4.69) is 4.98 Å². The molecule has 0 aliphatic heterocycles. The van der Waals surface area contributed by atoms with E-state index < -0.39 is 5.97 Å². The molecular formula is C12H13NO3S. The van der Waals surface area contributed by atoms with Crippen molar-refractivity contribution < 1.29 is 9.53 Å². The Balaban J connectivity index is 2.57. The summed E-state index contributed by atoms with van der Waals surface area (Å²) in [5, 5.41) is 0.567. The largest absolute Gasteiger partial charge is 0.462 e. The Hall–Kier alpha value is -1.62. The van der Waals surface area contributed by atoms with Gasteiger partial charge in [-0.25, -0.2) is 4.79 Å². The number of nitrogens with one attached hydrogen (secondary N) is 1. The van der Waals surface area contributed by atoms with Crippen LogP contribution in [0.2, 0.25) is 0 Å². The van der Waals surface area contributed by atoms with Crippen molar-refractivity contribution in [1.29, 1.82) is 0 Å². The van der Waals surface area contributed by atoms with Gasteiger partial charge in [0.25, 0.3) is 0 Å². The van der Waals surface area contributed by atoms with Crippen molar-refractivity contribution in [2.45, 2.75) is 20.3 Å². The molecule has 2 aromatic rings. The number of carbonyl (C=O) groups excluding carboxylic acids is 1. The standard InChI is InChI=1S/C12H13NO3S/c1-3-7-5-8-10(14)9(12(15)16-4-2)6-13-11(8)17-7/h5-6H,3-4H2,1-2H3,(H,13,14). The fourth-order valence-corrected chi connectivity index (χ4v) is 2.56. The van der Waals surface area contributed by atoms with Gasteiger partial charge in [0.1, 0.15) is 10.4 Å². The molecule has 1 N–H and O–H groups in total. The average Bonchev–Trinajstić information content (AvgIpc) is 2.73. The molecule has 0 saturated heterocycles. The number of pyridine rings is 1. The normalized spacial score (nSPS) is 10.7. The van der Waals surface area contributed by atoms with Crippen LogP contribution in [0.1, 0.15) is 29.1 Å². The molecule has 0 radical (unpaired) electrons. The molecule has 0 unspecified atom stereocenters. The van der Waals surface area contributed by atoms with Gasteiger partial charge in [0, 0.05) is 11.1 Å². The molecule has 5 heteroatoms. The van der Waals surface area contributed by atoms with Crippen LogP contribution in [0, 0.1) is 0 Å². The number of aryl methyl sites for hydroxylation is 1. The number of thiophene rings is 1. The summed E-state index contributed by atoms with van der Waals surface area (Å²) in [7, 11) is 0. The molecule has 4 nitrogen and oxygen atoms in total. The van der Waals surface area contributed by atoms with E-state index in [4.69, 9.17) is 4.74 Å². The molecule has 0 fully saturated rings. The zero-order valence-corrected chi connectivity index (χ0v) is 10.5. The minimum absolute atomic E-state index is 0.0693. The second-order valence-corrected chi connectivity index (χ2v) is 4.70. The van der Waals surface area contributed by atoms with Gasteiger partial charge in [0.05, 0.1) is 12.0 Å². The number of carbonyl (C=O) groups is 1. The van der Waals surface area contributed by atoms with Crippen LogP contribution in [-0.4, -0.2) is 17.6 Å². The number of ether oxygens (including phenoxy) is 1. The molecule has 0 amide bonds. The van der Waals surface area contributed by atoms with Gasteiger partial charge >= 0.3 is 5.97 Å². The van der Waals surface area contributed by atoms with E-state index in [1.165, 1.54) is 17.5 Å². The maximum absolute atomic E-state index is 12.1. The van der Waals surface area contributed by atoms with E-state index in [0.717, 1.165) is 16.1 Å². The highest BCUT2D eigenvalue weighted by molar-refractivity contribution is 7.18. The number of fused-ring (bicyclic) bond motifs is 1. The van der Waals surface area contributed by atoms with E-state index in [9.17, 15) is 9.59 Å². The Labute approximate surface area is 102 Å². The van der Waals surface area contributed by atoms with Crippen molar-refractivity contribution in [2.24, 2.45) is 0 Å². The molecular weight excluding hydrogens is 238 g/mol. The van der Waals surface area contributed by atoms with Gasteiger partial charge in [-0.15, -0.1) is 11.3 Å². The highest BCUT2D eigenvalue weighted by atomic mass is 32.1. The highest BCUT2D eigenvalue weighted by Gasteiger charge is 2.15. The van der Waals surface area contributed by atoms with Gasteiger partial charge in [-0.3, -0.25) is 4.79 Å². The van der Waals surface area contributed by atoms with Crippen LogP contribution in [0.15, 0.2) is 17.1 Å². The van der Waals surface area contributed by atoms with Crippen LogP contribution < -0.4 is 5.43 Å². The Morgan fingerprint density at radius 3 is 2.88 bits per heavy atom. The molecule has 17 heavy (non-hydrogen) atoms. The lowest BCUT2D eigenvalue weighted by Crippen LogP contribution is -2.17. The zero-order valence-electron chi connectivity index (χ0n) is 9.70. The zero-order chi connectivity index (χ0) is 12.4. The lowest BCUT2D eigenvalue weighted by atomic mass is 10.2. The number of aromatic nitrogens is 1. The van der Waals surface area contributed by atoms with Crippen LogP contribution in [0.4, 0.5) is 0 Å². The van der Waals surface area contributed by atoms with Crippen molar-refractivity contribution >= 4 is 27.5 Å². The summed E-state index contributed by atoms with van der Waals surface area (Å²) in [6.07, 6.45) is 2.31. The van der Waals surface area contributed by atoms with E-state index in [1.54, 1.807) is 6.92 Å². The van der Waals surface area contributed by atoms with Crippen molar-refractivity contribution in [3.63, 3.8) is 0 Å². The number of rotatable bonds is 3. The van der Waals surface area contributed by atoms with Crippen LogP contribution in [0.3, 0.4) is 0 Å². The fraction of sp³-hybridized carbons (Fsp3) is 0.333. The maximum Gasteiger partial charge on any atom is 0.343 e. The van der Waals surface area contributed by atoms with Gasteiger partial charge in [-0.2, -0.15) is 0 Å². The third-order valence-corrected chi connectivity index (χ3v) is 3.67. The molecule has 2 aromatic heterocycles. The number of hydrogen-bond donors (Lipinski definition) is 1. The third kappa shape index (κ3) is 2.10. The summed E-state index contributed by atoms with van der Waals surface area (Å²) in [4.78, 5) is 28.5. The van der Waals surface area contributed by atoms with Crippen LogP contribution >= 0.6 is 11.3 Å². The first kappa shape index (κ1) is 11.9. The highest BCUT2D eigenvalue weighted by Crippen LogP contribution is 2.21. The summed E-state index contributed by atoms with van der Waals surface area (Å²) in [6.45, 7) is 4.01. The van der Waals surface area contributed by atoms with Gasteiger partial charge < -0.3 is 9.72 Å². The smallest absolute Gasteiger partial charge is 0.343 e. The molecule has 2 heterocycles. The molecule has 2 rings (SSSR count). The maximum atomic E-state index is 12.1. The minimum atomic E-state index is -0.570. The topological polar surface area (TPSA) is 59.2 Å².